The van der Waals surface area contributed by atoms with Gasteiger partial charge < -0.3 is 20.3 Å². The normalized spacial score (nSPS) is 20.0. The monoisotopic (exact) mass is 552 g/mol. The second kappa shape index (κ2) is 11.1. The van der Waals surface area contributed by atoms with Crippen LogP contribution in [-0.2, 0) is 21.0 Å². The molecule has 1 saturated heterocycles. The number of thiazole rings is 1. The fourth-order valence-electron chi connectivity index (χ4n) is 4.09. The molecule has 9 nitrogen and oxygen atoms in total. The van der Waals surface area contributed by atoms with Gasteiger partial charge in [-0.2, -0.15) is 0 Å². The van der Waals surface area contributed by atoms with Crippen LogP contribution in [0.1, 0.15) is 36.8 Å². The number of nitrogens with two attached hydrogens (primary N) is 1. The quantitative estimate of drug-likeness (QED) is 0.287. The number of likely N-dealkylation sites (tertiary alicyclic amines) is 1. The minimum Gasteiger partial charge on any atom is -0.486 e. The third-order valence-corrected chi connectivity index (χ3v) is 7.97. The van der Waals surface area contributed by atoms with Crippen LogP contribution in [0.3, 0.4) is 0 Å². The van der Waals surface area contributed by atoms with Crippen molar-refractivity contribution >= 4 is 63.5 Å². The van der Waals surface area contributed by atoms with Gasteiger partial charge in [-0.15, -0.1) is 34.5 Å². The number of anilines is 1. The third kappa shape index (κ3) is 6.35. The molecule has 12 heteroatoms. The molecule has 4 rings (SSSR count). The van der Waals surface area contributed by atoms with Crippen molar-refractivity contribution in [1.82, 2.24) is 15.2 Å². The summed E-state index contributed by atoms with van der Waals surface area (Å²) in [6, 6.07) is 4.57. The van der Waals surface area contributed by atoms with Crippen LogP contribution in [0.15, 0.2) is 29.8 Å². The number of nitrogens with zero attached hydrogens (tertiary/aromatic N) is 2. The highest BCUT2D eigenvalue weighted by molar-refractivity contribution is 7.09. The molecule has 2 heterocycles. The molecule has 0 bridgehead atoms. The van der Waals surface area contributed by atoms with E-state index < -0.39 is 10.4 Å². The fraction of sp³-hybridized carbons (Fsp3) is 0.458. The lowest BCUT2D eigenvalue weighted by molar-refractivity contribution is -0.137. The molecule has 36 heavy (non-hydrogen) atoms. The Bertz CT molecular complexity index is 1160. The molecule has 0 radical (unpaired) electrons. The minimum absolute atomic E-state index is 0.0342. The van der Waals surface area contributed by atoms with Crippen LogP contribution in [0.4, 0.5) is 5.69 Å². The van der Waals surface area contributed by atoms with Gasteiger partial charge in [0.05, 0.1) is 12.1 Å². The smallest absolute Gasteiger partial charge is 0.249 e. The maximum Gasteiger partial charge on any atom is 0.249 e. The van der Waals surface area contributed by atoms with Gasteiger partial charge in [-0.25, -0.2) is 4.98 Å². The predicted octanol–water partition coefficient (Wildman–Crippen LogP) is 1.57. The van der Waals surface area contributed by atoms with E-state index in [2.05, 4.69) is 15.6 Å². The summed E-state index contributed by atoms with van der Waals surface area (Å²) >= 11 is 13.5. The van der Waals surface area contributed by atoms with Crippen molar-refractivity contribution < 1.29 is 24.5 Å². The van der Waals surface area contributed by atoms with E-state index >= 15 is 0 Å². The van der Waals surface area contributed by atoms with Crippen molar-refractivity contribution in [2.75, 3.05) is 25.0 Å². The van der Waals surface area contributed by atoms with Gasteiger partial charge in [-0.05, 0) is 37.5 Å². The predicted molar refractivity (Wildman–Crippen MR) is 138 cm³/mol. The van der Waals surface area contributed by atoms with E-state index in [-0.39, 0.29) is 42.4 Å². The van der Waals surface area contributed by atoms with E-state index in [1.165, 1.54) is 18.3 Å². The van der Waals surface area contributed by atoms with Crippen molar-refractivity contribution in [2.24, 2.45) is 5.92 Å². The molecule has 0 spiro atoms. The molecule has 1 aromatic heterocycles. The van der Waals surface area contributed by atoms with Gasteiger partial charge in [-0.3, -0.25) is 19.8 Å². The summed E-state index contributed by atoms with van der Waals surface area (Å²) in [6.45, 7) is 2.49. The van der Waals surface area contributed by atoms with E-state index in [0.717, 1.165) is 11.4 Å². The summed E-state index contributed by atoms with van der Waals surface area (Å²) in [5.74, 6) is -0.169. The van der Waals surface area contributed by atoms with Gasteiger partial charge in [0.2, 0.25) is 23.3 Å². The van der Waals surface area contributed by atoms with E-state index in [1.54, 1.807) is 29.3 Å². The summed E-state index contributed by atoms with van der Waals surface area (Å²) in [6.07, 6.45) is 3.68. The number of amides is 2. The molecular formula is C24H28Cl2N5O4S+. The number of carbonyl (C=O) groups is 3. The summed E-state index contributed by atoms with van der Waals surface area (Å²) in [5, 5.41) is 14.7. The van der Waals surface area contributed by atoms with E-state index in [9.17, 15) is 14.4 Å². The molecular weight excluding hydrogens is 525 g/mol. The molecule has 2 atom stereocenters. The number of ketones is 1. The zero-order valence-electron chi connectivity index (χ0n) is 19.8. The number of carbonyl (C=O) groups excluding carboxylic acids is 3. The average molecular weight is 553 g/mol. The van der Waals surface area contributed by atoms with Crippen molar-refractivity contribution in [3.63, 3.8) is 0 Å². The SMILES string of the molecule is CC(=O)C(=[NH2+])c1cc(OCc2nccs2)ccc1NCC(=O)N1CCC[C@H]1C(=O)NC[C@H]1CC1(Cl)Cl. The van der Waals surface area contributed by atoms with Crippen molar-refractivity contribution in [1.29, 1.82) is 0 Å². The zero-order chi connectivity index (χ0) is 25.9. The topological polar surface area (TPSA) is 126 Å². The standard InChI is InChI=1S/C24H27Cl2N5O4S/c1-14(32)22(27)17-9-16(35-13-20-28-6-8-36-20)4-5-18(17)29-12-21(33)31-7-2-3-19(31)23(34)30-11-15-10-24(15,25)26/h4-6,8-9,15,19,27,29H,2-3,7,10-13H2,1H3,(H,30,34)/p+1/t15-,19+/m1/s1. The largest absolute Gasteiger partial charge is 0.486 e. The molecule has 2 aliphatic rings. The first-order valence-electron chi connectivity index (χ1n) is 11.6. The first-order valence-corrected chi connectivity index (χ1v) is 13.3. The Morgan fingerprint density at radius 2 is 2.11 bits per heavy atom. The number of halogens is 2. The molecule has 1 aliphatic carbocycles. The van der Waals surface area contributed by atoms with E-state index in [1.807, 2.05) is 5.38 Å². The first kappa shape index (κ1) is 26.4. The number of Topliss-reactive ketones (excluding diaryl/α,β-unsaturated/α-hetero) is 1. The number of aromatic nitrogens is 1. The Morgan fingerprint density at radius 1 is 1.33 bits per heavy atom. The Hall–Kier alpha value is -2.69. The first-order chi connectivity index (χ1) is 17.2. The summed E-state index contributed by atoms with van der Waals surface area (Å²) in [4.78, 5) is 43.5. The lowest BCUT2D eigenvalue weighted by atomic mass is 10.0. The van der Waals surface area contributed by atoms with Crippen molar-refractivity contribution in [2.45, 2.75) is 43.2 Å². The van der Waals surface area contributed by atoms with Crippen molar-refractivity contribution in [3.05, 3.63) is 40.3 Å². The van der Waals surface area contributed by atoms with Crippen LogP contribution >= 0.6 is 34.5 Å². The highest BCUT2D eigenvalue weighted by Crippen LogP contribution is 2.52. The number of alkyl halides is 2. The minimum atomic E-state index is -0.764. The van der Waals surface area contributed by atoms with E-state index in [0.29, 0.717) is 42.9 Å². The molecule has 192 valence electrons. The number of ether oxygens (including phenoxy) is 1. The highest BCUT2D eigenvalue weighted by atomic mass is 35.5. The Balaban J connectivity index is 1.38. The van der Waals surface area contributed by atoms with Crippen LogP contribution in [0.25, 0.3) is 0 Å². The number of nitrogens with one attached hydrogen (secondary N) is 2. The summed E-state index contributed by atoms with van der Waals surface area (Å²) in [5.41, 5.74) is 1.02. The molecule has 4 N–H and O–H groups in total. The summed E-state index contributed by atoms with van der Waals surface area (Å²) < 4.78 is 5.02. The molecule has 0 unspecified atom stereocenters. The maximum absolute atomic E-state index is 13.0. The lowest BCUT2D eigenvalue weighted by Crippen LogP contribution is -2.48. The number of rotatable bonds is 11. The van der Waals surface area contributed by atoms with Crippen molar-refractivity contribution in [3.8, 4) is 5.75 Å². The molecule has 1 aromatic carbocycles. The Kier molecular flexibility index (Phi) is 8.17. The molecule has 1 aliphatic heterocycles. The second-order valence-corrected chi connectivity index (χ2v) is 11.4. The number of hydrogen-bond donors (Lipinski definition) is 3. The van der Waals surface area contributed by atoms with Gasteiger partial charge in [-0.1, -0.05) is 0 Å². The van der Waals surface area contributed by atoms with Crippen LogP contribution in [0.2, 0.25) is 0 Å². The summed E-state index contributed by atoms with van der Waals surface area (Å²) in [7, 11) is 0. The molecule has 2 amide bonds. The average Bonchev–Trinajstić information content (AvgIpc) is 3.29. The second-order valence-electron chi connectivity index (χ2n) is 8.90. The highest BCUT2D eigenvalue weighted by Gasteiger charge is 2.51. The third-order valence-electron chi connectivity index (χ3n) is 6.29. The lowest BCUT2D eigenvalue weighted by Gasteiger charge is -2.24. The molecule has 1 saturated carbocycles. The van der Waals surface area contributed by atoms with Gasteiger partial charge in [0.25, 0.3) is 0 Å². The Labute approximate surface area is 223 Å². The zero-order valence-corrected chi connectivity index (χ0v) is 22.1. The van der Waals surface area contributed by atoms with Crippen LogP contribution < -0.4 is 20.8 Å². The molecule has 2 aromatic rings. The van der Waals surface area contributed by atoms with Gasteiger partial charge in [0.15, 0.2) is 0 Å². The van der Waals surface area contributed by atoms with Gasteiger partial charge >= 0.3 is 0 Å². The van der Waals surface area contributed by atoms with E-state index in [4.69, 9.17) is 33.3 Å². The molecule has 2 fully saturated rings. The number of benzene rings is 1. The van der Waals surface area contributed by atoms with Crippen LogP contribution in [-0.4, -0.2) is 63.2 Å². The van der Waals surface area contributed by atoms with Gasteiger partial charge in [0.1, 0.15) is 27.7 Å². The van der Waals surface area contributed by atoms with Crippen LogP contribution in [0.5, 0.6) is 5.75 Å². The van der Waals surface area contributed by atoms with Gasteiger partial charge in [0, 0.05) is 43.2 Å². The maximum atomic E-state index is 13.0. The van der Waals surface area contributed by atoms with Crippen LogP contribution in [0, 0.1) is 5.92 Å². The number of hydrogen-bond acceptors (Lipinski definition) is 7. The fourth-order valence-corrected chi connectivity index (χ4v) is 5.15. The Morgan fingerprint density at radius 3 is 2.78 bits per heavy atom.